The zero-order valence-corrected chi connectivity index (χ0v) is 82.9. The number of oxazole rings is 2. The molecule has 0 radical (unpaired) electrons. The van der Waals surface area contributed by atoms with Gasteiger partial charge in [-0.1, -0.05) is 100 Å². The molecule has 1 aromatic carbocycles. The summed E-state index contributed by atoms with van der Waals surface area (Å²) >= 11 is 0. The number of aromatic nitrogens is 3. The number of anilines is 2. The normalized spacial score (nSPS) is 34.0. The molecule has 4 aliphatic rings. The number of aliphatic hydroxyl groups is 4. The van der Waals surface area contributed by atoms with E-state index in [1.807, 2.05) is 16.7 Å². The van der Waals surface area contributed by atoms with Gasteiger partial charge in [-0.05, 0) is 171 Å². The molecule has 135 heavy (non-hydrogen) atoms. The first-order valence-electron chi connectivity index (χ1n) is 46.0. The fraction of sp³-hybridized carbons (Fsp3) is 0.695. The van der Waals surface area contributed by atoms with Gasteiger partial charge >= 0.3 is 23.9 Å². The molecule has 0 unspecified atom stereocenters. The smallest absolute Gasteiger partial charge is 0.351 e. The lowest BCUT2D eigenvalue weighted by Gasteiger charge is -2.47. The Labute approximate surface area is 789 Å². The van der Waals surface area contributed by atoms with Crippen LogP contribution >= 0.6 is 0 Å². The zero-order valence-electron chi connectivity index (χ0n) is 82.9. The van der Waals surface area contributed by atoms with Crippen LogP contribution in [0.25, 0.3) is 23.0 Å². The van der Waals surface area contributed by atoms with Crippen molar-refractivity contribution in [2.45, 2.75) is 349 Å². The molecular formula is C95H145F2N11O27. The number of halogens is 2. The maximum Gasteiger partial charge on any atom is 0.351 e. The molecule has 4 saturated heterocycles. The second kappa shape index (κ2) is 49.8. The summed E-state index contributed by atoms with van der Waals surface area (Å²) < 4.78 is 105. The van der Waals surface area contributed by atoms with Crippen LogP contribution < -0.4 is 17.4 Å². The highest BCUT2D eigenvalue weighted by molar-refractivity contribution is 6.09. The van der Waals surface area contributed by atoms with Gasteiger partial charge in [0.15, 0.2) is 48.7 Å². The number of hydrogen-bond acceptors (Lipinski definition) is 36. The van der Waals surface area contributed by atoms with E-state index >= 15 is 8.78 Å². The molecule has 38 nitrogen and oxygen atoms in total. The van der Waals surface area contributed by atoms with E-state index in [1.165, 1.54) is 67.9 Å². The average Bonchev–Trinajstić information content (AvgIpc) is 0.856. The number of carbonyl (C=O) groups is 9. The molecule has 40 heteroatoms. The van der Waals surface area contributed by atoms with Crippen molar-refractivity contribution in [2.24, 2.45) is 56.5 Å². The number of hydrogen-bond donors (Lipinski definition) is 7. The molecule has 0 spiro atoms. The molecule has 4 aromatic rings. The third-order valence-corrected chi connectivity index (χ3v) is 24.9. The van der Waals surface area contributed by atoms with Gasteiger partial charge in [0.05, 0.1) is 72.2 Å². The molecule has 0 aliphatic carbocycles. The highest BCUT2D eigenvalue weighted by Gasteiger charge is 2.60. The predicted molar refractivity (Wildman–Crippen MR) is 492 cm³/mol. The summed E-state index contributed by atoms with van der Waals surface area (Å²) in [5, 5.41) is 53.9. The van der Waals surface area contributed by atoms with Gasteiger partial charge in [-0.25, -0.2) is 49.2 Å². The van der Waals surface area contributed by atoms with Gasteiger partial charge in [0, 0.05) is 79.5 Å². The minimum absolute atomic E-state index is 0.0149. The number of carbonyl (C=O) groups excluding carboxylic acids is 9. The van der Waals surface area contributed by atoms with Crippen LogP contribution in [0.3, 0.4) is 0 Å². The summed E-state index contributed by atoms with van der Waals surface area (Å²) in [7, 11) is 7.17. The number of nitrogen functional groups attached to an aromatic ring is 2. The quantitative estimate of drug-likeness (QED) is 0.00728. The van der Waals surface area contributed by atoms with Crippen molar-refractivity contribution in [3.8, 4) is 23.0 Å². The number of pyridine rings is 1. The number of nitrogens with two attached hydrogens (primary N) is 3. The Morgan fingerprint density at radius 3 is 1.36 bits per heavy atom. The molecule has 7 heterocycles. The van der Waals surface area contributed by atoms with Crippen molar-refractivity contribution in [3.63, 3.8) is 0 Å². The number of amides is 2. The van der Waals surface area contributed by atoms with Gasteiger partial charge in [0.1, 0.15) is 72.0 Å². The fourth-order valence-corrected chi connectivity index (χ4v) is 17.8. The van der Waals surface area contributed by atoms with Gasteiger partial charge < -0.3 is 103 Å². The molecule has 8 rings (SSSR count). The summed E-state index contributed by atoms with van der Waals surface area (Å²) in [4.78, 5) is 155. The lowest BCUT2D eigenvalue weighted by molar-refractivity contribution is -0.296. The van der Waals surface area contributed by atoms with Crippen molar-refractivity contribution in [1.29, 1.82) is 0 Å². The number of cyclic esters (lactones) is 2. The molecule has 10 N–H and O–H groups in total. The van der Waals surface area contributed by atoms with E-state index in [4.69, 9.17) is 78.4 Å². The van der Waals surface area contributed by atoms with Crippen molar-refractivity contribution in [2.75, 3.05) is 52.9 Å². The van der Waals surface area contributed by atoms with Crippen LogP contribution in [-0.2, 0) is 113 Å². The standard InChI is InChI=1S/C48H72FN5O13.C38H63FN2O12.C9H10N4O2/c1-14-33(53-63-25-34-24-62-43(51-34)31-18-17-19-32(50)21-31)23-61-42-28(6)38(52-37(56)16-3)26(4)22-46(9,59)41(67-44-39(65-30(8)55)35(54(12)13)20-27(5)64-44)29(7)40(57)47(10,49)45(58)66-36(15-2)48(42,11)60;1-14-25(43)19-49-33-22(6)29(40-28(44)16-3)20(4)18-36(9,47)32(53-34-30(51-24(8)42)26(41(12)13)17-21(5)50-34)23(7)31(45)37(10,39)35(46)52-27(15-2)38(33,11)48;10-8-3-1-2-7(13-8)9-12-6(4-14-9)5-15-11/h17-19,21,24,26-29,35-36,39,41-42,44,59-60H,14-16,20,22-23,25,50H2,1-13H3;20-23,26-27,30,32-34,47-48H,14-19H2,1-13H3;1-4H,5,11H2,(H2,10,13)/t26-,27-,28+,29+,35+,36-,39-,41-,42-,44+,46-,47+,48-;20-,21-,22+,23+,26+,27-,30-,32-,33-,34+,36-,37+,38-;/m11./s1. The molecule has 4 fully saturated rings. The van der Waals surface area contributed by atoms with Crippen LogP contribution in [0.4, 0.5) is 20.3 Å². The number of aliphatic imine (C=N–C) groups is 2. The number of likely N-dealkylation sites (N-methyl/N-ethyl adjacent to an activating group) is 2. The van der Waals surface area contributed by atoms with Crippen LogP contribution in [-0.4, -0.2) is 276 Å². The Balaban J connectivity index is 0.000000364. The lowest BCUT2D eigenvalue weighted by atomic mass is 9.73. The molecule has 756 valence electrons. The molecule has 26 atom stereocenters. The second-order valence-electron chi connectivity index (χ2n) is 37.2. The van der Waals surface area contributed by atoms with E-state index in [2.05, 4.69) is 34.9 Å². The predicted octanol–water partition coefficient (Wildman–Crippen LogP) is 10.0. The van der Waals surface area contributed by atoms with E-state index in [1.54, 1.807) is 147 Å². The second-order valence-corrected chi connectivity index (χ2v) is 37.2. The van der Waals surface area contributed by atoms with Crippen molar-refractivity contribution in [3.05, 3.63) is 66.4 Å². The Hall–Kier alpha value is -9.27. The molecule has 0 bridgehead atoms. The number of ketones is 3. The van der Waals surface area contributed by atoms with E-state index in [0.29, 0.717) is 70.9 Å². The average molecular weight is 1910 g/mol. The number of oxime groups is 1. The number of rotatable bonds is 27. The van der Waals surface area contributed by atoms with E-state index in [-0.39, 0.29) is 82.0 Å². The Morgan fingerprint density at radius 1 is 0.548 bits per heavy atom. The van der Waals surface area contributed by atoms with E-state index < -0.39 is 209 Å². The van der Waals surface area contributed by atoms with Gasteiger partial charge in [-0.15, -0.1) is 0 Å². The zero-order chi connectivity index (χ0) is 102. The summed E-state index contributed by atoms with van der Waals surface area (Å²) in [6.07, 6.45) is -10.7. The number of alkyl halides is 2. The minimum atomic E-state index is -3.32. The third kappa shape index (κ3) is 30.1. The SMILES string of the molecule is CCC(=O)CO[C@@H]1[C@@H](C)C(=NC(=O)CC)[C@H](C)C[C@@](C)(O)[C@H](O[C@@H]2O[C@H](C)C[C@H](N(C)C)[C@H]2OC(C)=O)[C@@H](C)C(=O)[C@](C)(F)C(=O)O[C@H](CC)[C@@]1(C)O.CCC(=O)N=C1[C@H](C)C[C@@](C)(O)[C@H](O[C@@H]2O[C@H](C)C[C@H](N(C)C)[C@H]2OC(C)=O)[C@@H](C)C(=O)[C@](C)(F)C(=O)O[C@H](CC)[C@@](C)(O)[C@H](OCC(CC)=NOCc2coc(-c3cccc(N)c3)n2)[C@H]1C.NOCc1coc(-c2cccc(N)n2)n1. The number of nitrogens with zero attached hydrogens (tertiary/aromatic N) is 8. The van der Waals surface area contributed by atoms with E-state index in [0.717, 1.165) is 13.8 Å². The van der Waals surface area contributed by atoms with Crippen LogP contribution in [0.2, 0.25) is 0 Å². The molecule has 0 saturated carbocycles. The number of Topliss-reactive ketones (excluding diaryl/α,β-unsaturated/α-hetero) is 3. The summed E-state index contributed by atoms with van der Waals surface area (Å²) in [5.74, 6) is -8.80. The Bertz CT molecular complexity index is 4720. The number of ether oxygens (including phenoxy) is 10. The van der Waals surface area contributed by atoms with Crippen molar-refractivity contribution < 1.29 is 138 Å². The van der Waals surface area contributed by atoms with Crippen LogP contribution in [0.15, 0.2) is 79.0 Å². The van der Waals surface area contributed by atoms with E-state index in [9.17, 15) is 63.6 Å². The summed E-state index contributed by atoms with van der Waals surface area (Å²) in [5.41, 5.74) is 0.196. The van der Waals surface area contributed by atoms with Crippen molar-refractivity contribution in [1.82, 2.24) is 24.8 Å². The monoisotopic (exact) mass is 1910 g/mol. The molecule has 3 aromatic heterocycles. The lowest BCUT2D eigenvalue weighted by Crippen LogP contribution is -2.61. The van der Waals surface area contributed by atoms with Gasteiger partial charge in [-0.3, -0.25) is 38.4 Å². The van der Waals surface area contributed by atoms with Crippen molar-refractivity contribution >= 4 is 81.7 Å². The molecular weight excluding hydrogens is 1770 g/mol. The summed E-state index contributed by atoms with van der Waals surface area (Å²) in [6, 6.07) is 11.5. The highest BCUT2D eigenvalue weighted by atomic mass is 19.1. The minimum Gasteiger partial charge on any atom is -0.457 e. The van der Waals surface area contributed by atoms with Crippen LogP contribution in [0.5, 0.6) is 0 Å². The Morgan fingerprint density at radius 2 is 0.970 bits per heavy atom. The number of benzene rings is 1. The van der Waals surface area contributed by atoms with Gasteiger partial charge in [-0.2, -0.15) is 0 Å². The van der Waals surface area contributed by atoms with Gasteiger partial charge in [0.2, 0.25) is 23.6 Å². The maximum absolute atomic E-state index is 17.0. The first-order chi connectivity index (χ1) is 62.9. The first-order valence-corrected chi connectivity index (χ1v) is 46.0. The Kier molecular flexibility index (Phi) is 42.3. The highest BCUT2D eigenvalue weighted by Crippen LogP contribution is 2.44. The van der Waals surface area contributed by atoms with Crippen LogP contribution in [0, 0.1) is 35.5 Å². The van der Waals surface area contributed by atoms with Gasteiger partial charge in [0.25, 0.3) is 11.3 Å². The third-order valence-electron chi connectivity index (χ3n) is 24.9. The largest absolute Gasteiger partial charge is 0.457 e. The first kappa shape index (κ1) is 114. The maximum atomic E-state index is 17.0. The molecule has 2 amide bonds. The number of esters is 4. The van der Waals surface area contributed by atoms with Crippen LogP contribution in [0.1, 0.15) is 228 Å². The topological polar surface area (TPSA) is 532 Å². The molecule has 4 aliphatic heterocycles. The fourth-order valence-electron chi connectivity index (χ4n) is 17.8. The summed E-state index contributed by atoms with van der Waals surface area (Å²) in [6.45, 7) is 31.7.